The van der Waals surface area contributed by atoms with Crippen LogP contribution in [0.1, 0.15) is 98.9 Å². The van der Waals surface area contributed by atoms with E-state index in [1.54, 1.807) is 0 Å². The van der Waals surface area contributed by atoms with E-state index in [4.69, 9.17) is 5.73 Å². The van der Waals surface area contributed by atoms with Crippen LogP contribution in [0.5, 0.6) is 0 Å². The van der Waals surface area contributed by atoms with Crippen LogP contribution < -0.4 is 24.6 Å². The topological polar surface area (TPSA) is 317 Å². The molecule has 4 atom stereocenters. The van der Waals surface area contributed by atoms with Crippen molar-refractivity contribution in [3.63, 3.8) is 0 Å². The zero-order chi connectivity index (χ0) is 62.5. The number of carbonyl (C=O) groups is 2. The van der Waals surface area contributed by atoms with Crippen LogP contribution in [0.25, 0.3) is 34.7 Å². The maximum Gasteiger partial charge on any atom is 2.00 e. The van der Waals surface area contributed by atoms with Gasteiger partial charge in [0, 0.05) is 100 Å². The number of nitrogens with two attached hydrogens (primary N) is 1. The summed E-state index contributed by atoms with van der Waals surface area (Å²) in [7, 11) is -4.67. The van der Waals surface area contributed by atoms with Crippen molar-refractivity contribution in [1.82, 2.24) is 24.8 Å². The van der Waals surface area contributed by atoms with E-state index in [-0.39, 0.29) is 74.3 Å². The number of hydrogen-bond acceptors (Lipinski definition) is 18. The van der Waals surface area contributed by atoms with Gasteiger partial charge in [-0.05, 0) is 71.5 Å². The van der Waals surface area contributed by atoms with Gasteiger partial charge in [-0.15, -0.1) is 0 Å². The number of anilines is 2. The number of aromatic nitrogens is 4. The molecule has 0 aliphatic rings. The first-order valence-electron chi connectivity index (χ1n) is 26.7. The number of rotatable bonds is 26. The molecule has 2 heterocycles. The van der Waals surface area contributed by atoms with E-state index in [1.807, 2.05) is 39.8 Å². The first-order valence-corrected chi connectivity index (χ1v) is 30.4. The number of carboxylic acids is 2. The molecule has 0 unspecified atom stereocenters. The molecule has 6 N–H and O–H groups in total. The summed E-state index contributed by atoms with van der Waals surface area (Å²) in [6.07, 6.45) is 1.16. The van der Waals surface area contributed by atoms with Gasteiger partial charge in [-0.25, -0.2) is 54.2 Å². The Morgan fingerprint density at radius 1 is 0.576 bits per heavy atom. The van der Waals surface area contributed by atoms with Crippen molar-refractivity contribution >= 4 is 93.8 Å². The van der Waals surface area contributed by atoms with Crippen molar-refractivity contribution in [2.24, 2.45) is 5.73 Å². The average molecular weight is 1240 g/mol. The molecule has 0 fully saturated rings. The third-order valence-corrected chi connectivity index (χ3v) is 14.9. The molecular formula is C60H74CaF2N8O12S2. The Hall–Kier alpha value is -6.16. The van der Waals surface area contributed by atoms with Gasteiger partial charge in [-0.2, -0.15) is 0 Å². The van der Waals surface area contributed by atoms with E-state index in [0.717, 1.165) is 40.8 Å². The largest absolute Gasteiger partial charge is 2.00 e. The molecule has 0 radical (unpaired) electrons. The number of sulfonamides is 2. The van der Waals surface area contributed by atoms with Crippen LogP contribution in [0.15, 0.2) is 121 Å². The SMILES string of the molecule is CC(C)c1nc(N(C)S(C)(=O)=O)nc(-c2ccc(F)cc2)c1C=C[C@@H](O)C[C@@H](O)CC(=O)[O-].CC(C)c1nc(N(C)S(C)(=O)=O)nc(-c2ccc(F)cc2)c1C=C[C@@H](O)C[C@@H](O)CC(=O)[O-].NCCN(Cc1ccccc1)Cc1ccccc1.[Ca+2]. The van der Waals surface area contributed by atoms with Crippen LogP contribution >= 0.6 is 0 Å². The maximum absolute atomic E-state index is 13.5. The van der Waals surface area contributed by atoms with E-state index in [1.165, 1.54) is 98.1 Å². The standard InChI is InChI=1S/2C22H28FN3O6S.C16H20N2.Ca/c2*1-13(2)20-18(10-9-16(27)11-17(28)12-19(29)30)21(14-5-7-15(23)8-6-14)25-22(24-20)26(3)33(4,31)32;17-11-12-18(13-15-7-3-1-4-8-15)14-16-9-5-2-6-10-16;/h2*5-10,13,16-17,27-28H,11-12H2,1-4H3,(H,29,30);1-10H,11-14,17H2;/q;;;+2/p-2/t2*16-,17-;;/m11../s1. The van der Waals surface area contributed by atoms with Crippen LogP contribution in [0, 0.1) is 11.6 Å². The molecule has 6 aromatic rings. The molecule has 0 aliphatic carbocycles. The minimum atomic E-state index is -3.66. The van der Waals surface area contributed by atoms with Crippen molar-refractivity contribution in [2.45, 2.75) is 103 Å². The second-order valence-corrected chi connectivity index (χ2v) is 24.4. The third-order valence-electron chi connectivity index (χ3n) is 12.6. The number of nitrogens with zero attached hydrogens (tertiary/aromatic N) is 7. The number of carbonyl (C=O) groups excluding carboxylic acids is 2. The Morgan fingerprint density at radius 2 is 0.906 bits per heavy atom. The molecule has 85 heavy (non-hydrogen) atoms. The molecule has 25 heteroatoms. The van der Waals surface area contributed by atoms with Gasteiger partial charge in [0.2, 0.25) is 31.9 Å². The molecule has 6 rings (SSSR count). The molecule has 4 aromatic carbocycles. The Labute approximate surface area is 526 Å². The van der Waals surface area contributed by atoms with Gasteiger partial charge in [-0.1, -0.05) is 113 Å². The van der Waals surface area contributed by atoms with Gasteiger partial charge >= 0.3 is 37.7 Å². The van der Waals surface area contributed by atoms with Crippen molar-refractivity contribution in [3.05, 3.63) is 167 Å². The monoisotopic (exact) mass is 1240 g/mol. The number of hydrogen-bond donors (Lipinski definition) is 5. The number of halogens is 2. The molecule has 2 aromatic heterocycles. The Kier molecular flexibility index (Phi) is 30.0. The van der Waals surface area contributed by atoms with Gasteiger partial charge in [0.15, 0.2) is 0 Å². The normalized spacial score (nSPS) is 13.1. The smallest absolute Gasteiger partial charge is 0.550 e. The van der Waals surface area contributed by atoms with Crippen molar-refractivity contribution in [1.29, 1.82) is 0 Å². The van der Waals surface area contributed by atoms with Crippen LogP contribution in [-0.4, -0.2) is 176 Å². The minimum absolute atomic E-state index is 0. The third kappa shape index (κ3) is 24.6. The van der Waals surface area contributed by atoms with Gasteiger partial charge in [0.25, 0.3) is 0 Å². The van der Waals surface area contributed by atoms with Crippen LogP contribution in [0.3, 0.4) is 0 Å². The van der Waals surface area contributed by atoms with Crippen LogP contribution in [-0.2, 0) is 42.7 Å². The van der Waals surface area contributed by atoms with Crippen LogP contribution in [0.2, 0.25) is 0 Å². The zero-order valence-electron chi connectivity index (χ0n) is 48.9. The summed E-state index contributed by atoms with van der Waals surface area (Å²) in [5.41, 5.74) is 11.9. The first-order chi connectivity index (χ1) is 39.5. The summed E-state index contributed by atoms with van der Waals surface area (Å²) in [6.45, 7) is 10.9. The van der Waals surface area contributed by atoms with Gasteiger partial charge in [-0.3, -0.25) is 4.90 Å². The van der Waals surface area contributed by atoms with E-state index < -0.39 is 80.9 Å². The van der Waals surface area contributed by atoms with E-state index in [0.29, 0.717) is 51.6 Å². The molecule has 0 saturated heterocycles. The molecule has 0 saturated carbocycles. The number of aliphatic hydroxyl groups is 4. The molecule has 0 amide bonds. The summed E-state index contributed by atoms with van der Waals surface area (Å²) in [6, 6.07) is 32.0. The Balaban J connectivity index is 0.000000346. The summed E-state index contributed by atoms with van der Waals surface area (Å²) < 4.78 is 77.1. The van der Waals surface area contributed by atoms with E-state index in [9.17, 15) is 65.8 Å². The van der Waals surface area contributed by atoms with Gasteiger partial charge in [0.05, 0.1) is 59.7 Å². The molecule has 0 bridgehead atoms. The number of carboxylic acid groups (broad SMARTS) is 2. The molecule has 20 nitrogen and oxygen atoms in total. The summed E-state index contributed by atoms with van der Waals surface area (Å²) in [5, 5.41) is 61.1. The Morgan fingerprint density at radius 3 is 1.19 bits per heavy atom. The van der Waals surface area contributed by atoms with Crippen molar-refractivity contribution in [2.75, 3.05) is 48.3 Å². The summed E-state index contributed by atoms with van der Waals surface area (Å²) in [4.78, 5) is 41.2. The second kappa shape index (κ2) is 34.8. The average Bonchev–Trinajstić information content (AvgIpc) is 2.72. The summed E-state index contributed by atoms with van der Waals surface area (Å²) in [5.74, 6) is -4.28. The first kappa shape index (κ1) is 73.1. The minimum Gasteiger partial charge on any atom is -0.550 e. The van der Waals surface area contributed by atoms with E-state index in [2.05, 4.69) is 73.4 Å². The predicted molar refractivity (Wildman–Crippen MR) is 322 cm³/mol. The number of aliphatic carboxylic acids is 2. The van der Waals surface area contributed by atoms with Gasteiger partial charge < -0.3 is 46.0 Å². The Bertz CT molecular complexity index is 3150. The molecular weight excluding hydrogens is 1170 g/mol. The molecule has 0 spiro atoms. The fourth-order valence-corrected chi connectivity index (χ4v) is 8.91. The number of aliphatic hydroxyl groups excluding tert-OH is 4. The van der Waals surface area contributed by atoms with E-state index >= 15 is 0 Å². The molecule has 0 aliphatic heterocycles. The zero-order valence-corrected chi connectivity index (χ0v) is 52.7. The van der Waals surface area contributed by atoms with Crippen molar-refractivity contribution in [3.8, 4) is 22.5 Å². The maximum atomic E-state index is 13.5. The fraction of sp³-hybridized carbons (Fsp3) is 0.367. The van der Waals surface area contributed by atoms with Crippen LogP contribution in [0.4, 0.5) is 20.7 Å². The summed E-state index contributed by atoms with van der Waals surface area (Å²) >= 11 is 0. The second-order valence-electron chi connectivity index (χ2n) is 20.4. The quantitative estimate of drug-likeness (QED) is 0.0470. The van der Waals surface area contributed by atoms with Crippen molar-refractivity contribution < 1.29 is 65.8 Å². The number of benzene rings is 4. The fourth-order valence-electron chi connectivity index (χ4n) is 8.15. The molecule has 454 valence electrons. The predicted octanol–water partition coefficient (Wildman–Crippen LogP) is 4.40. The van der Waals surface area contributed by atoms with Gasteiger partial charge in [0.1, 0.15) is 11.6 Å².